The van der Waals surface area contributed by atoms with Crippen molar-refractivity contribution >= 4 is 0 Å². The van der Waals surface area contributed by atoms with Gasteiger partial charge in [-0.05, 0) is 11.8 Å². The number of methoxy groups -OCH3 is 3. The summed E-state index contributed by atoms with van der Waals surface area (Å²) in [5.74, 6) is 0. The lowest BCUT2D eigenvalue weighted by Crippen LogP contribution is -2.63. The highest BCUT2D eigenvalue weighted by Gasteiger charge is 2.59. The van der Waals surface area contributed by atoms with E-state index in [9.17, 15) is 0 Å². The Kier molecular flexibility index (Phi) is 3.56. The van der Waals surface area contributed by atoms with Crippen molar-refractivity contribution in [3.63, 3.8) is 0 Å². The van der Waals surface area contributed by atoms with Crippen LogP contribution in [0.2, 0.25) is 0 Å². The minimum Gasteiger partial charge on any atom is -0.384 e. The van der Waals surface area contributed by atoms with E-state index in [0.29, 0.717) is 13.2 Å². The van der Waals surface area contributed by atoms with E-state index in [4.69, 9.17) is 14.2 Å². The van der Waals surface area contributed by atoms with Crippen LogP contribution in [0.25, 0.3) is 0 Å². The molecule has 0 aliphatic heterocycles. The monoisotopic (exact) mass is 202 g/mol. The summed E-state index contributed by atoms with van der Waals surface area (Å²) in [6, 6.07) is 0. The average molecular weight is 202 g/mol. The molecule has 0 bridgehead atoms. The fourth-order valence-electron chi connectivity index (χ4n) is 3.23. The molecule has 0 aromatic carbocycles. The molecule has 0 amide bonds. The maximum Gasteiger partial charge on any atom is 0.0723 e. The zero-order valence-corrected chi connectivity index (χ0v) is 9.92. The molecular formula is C11H22O3. The SMILES string of the molecule is COCC1(COC)CC(C)(C)C1OC. The molecule has 3 heteroatoms. The quantitative estimate of drug-likeness (QED) is 0.679. The molecule has 1 rings (SSSR count). The molecule has 84 valence electrons. The van der Waals surface area contributed by atoms with E-state index >= 15 is 0 Å². The molecule has 3 nitrogen and oxygen atoms in total. The largest absolute Gasteiger partial charge is 0.384 e. The van der Waals surface area contributed by atoms with Crippen molar-refractivity contribution in [3.05, 3.63) is 0 Å². The predicted octanol–water partition coefficient (Wildman–Crippen LogP) is 1.71. The average Bonchev–Trinajstić information content (AvgIpc) is 2.03. The van der Waals surface area contributed by atoms with Crippen molar-refractivity contribution in [1.29, 1.82) is 0 Å². The fraction of sp³-hybridized carbons (Fsp3) is 1.00. The number of rotatable bonds is 5. The molecule has 1 atom stereocenters. The Bertz CT molecular complexity index is 183. The number of ether oxygens (including phenoxy) is 3. The molecule has 0 heterocycles. The van der Waals surface area contributed by atoms with Crippen molar-refractivity contribution in [2.45, 2.75) is 26.4 Å². The normalized spacial score (nSPS) is 28.5. The van der Waals surface area contributed by atoms with Crippen LogP contribution in [0.1, 0.15) is 20.3 Å². The van der Waals surface area contributed by atoms with Crippen LogP contribution in [-0.2, 0) is 14.2 Å². The zero-order chi connectivity index (χ0) is 10.8. The summed E-state index contributed by atoms with van der Waals surface area (Å²) in [6.45, 7) is 5.88. The summed E-state index contributed by atoms with van der Waals surface area (Å²) in [5, 5.41) is 0. The standard InChI is InChI=1S/C11H22O3/c1-10(2)6-11(7-12-3,8-13-4)9(10)14-5/h9H,6-8H2,1-5H3. The van der Waals surface area contributed by atoms with Gasteiger partial charge in [-0.2, -0.15) is 0 Å². The summed E-state index contributed by atoms with van der Waals surface area (Å²) >= 11 is 0. The Morgan fingerprint density at radius 2 is 1.57 bits per heavy atom. The van der Waals surface area contributed by atoms with Gasteiger partial charge in [0.1, 0.15) is 0 Å². The first-order valence-electron chi connectivity index (χ1n) is 5.03. The van der Waals surface area contributed by atoms with Gasteiger partial charge >= 0.3 is 0 Å². The Balaban J connectivity index is 2.71. The fourth-order valence-corrected chi connectivity index (χ4v) is 3.23. The number of hydrogen-bond donors (Lipinski definition) is 0. The first kappa shape index (κ1) is 12.0. The van der Waals surface area contributed by atoms with Crippen molar-refractivity contribution in [1.82, 2.24) is 0 Å². The molecule has 1 aliphatic rings. The molecule has 1 saturated carbocycles. The second kappa shape index (κ2) is 4.17. The maximum atomic E-state index is 5.56. The highest BCUT2D eigenvalue weighted by atomic mass is 16.5. The van der Waals surface area contributed by atoms with E-state index in [-0.39, 0.29) is 16.9 Å². The van der Waals surface area contributed by atoms with Crippen LogP contribution in [0.5, 0.6) is 0 Å². The van der Waals surface area contributed by atoms with Crippen molar-refractivity contribution in [2.24, 2.45) is 10.8 Å². The summed E-state index contributed by atoms with van der Waals surface area (Å²) < 4.78 is 16.1. The van der Waals surface area contributed by atoms with Gasteiger partial charge in [-0.3, -0.25) is 0 Å². The molecule has 0 aromatic rings. The van der Waals surface area contributed by atoms with Crippen LogP contribution < -0.4 is 0 Å². The third-order valence-corrected chi connectivity index (χ3v) is 3.17. The molecule has 0 aromatic heterocycles. The van der Waals surface area contributed by atoms with Gasteiger partial charge in [-0.25, -0.2) is 0 Å². The minimum absolute atomic E-state index is 0.0573. The molecule has 0 saturated heterocycles. The Labute approximate surface area is 86.7 Å². The van der Waals surface area contributed by atoms with Crippen LogP contribution in [0, 0.1) is 10.8 Å². The molecule has 0 radical (unpaired) electrons. The van der Waals surface area contributed by atoms with Gasteiger partial charge in [0.2, 0.25) is 0 Å². The van der Waals surface area contributed by atoms with E-state index in [2.05, 4.69) is 13.8 Å². The molecular weight excluding hydrogens is 180 g/mol. The lowest BCUT2D eigenvalue weighted by atomic mass is 9.52. The Morgan fingerprint density at radius 3 is 1.86 bits per heavy atom. The van der Waals surface area contributed by atoms with E-state index in [0.717, 1.165) is 6.42 Å². The second-order valence-electron chi connectivity index (χ2n) is 5.01. The van der Waals surface area contributed by atoms with Crippen molar-refractivity contribution in [3.8, 4) is 0 Å². The highest BCUT2D eigenvalue weighted by molar-refractivity contribution is 5.08. The van der Waals surface area contributed by atoms with Gasteiger partial charge in [0.05, 0.1) is 19.3 Å². The van der Waals surface area contributed by atoms with E-state index in [1.807, 2.05) is 0 Å². The first-order chi connectivity index (χ1) is 6.52. The topological polar surface area (TPSA) is 27.7 Å². The maximum absolute atomic E-state index is 5.56. The third-order valence-electron chi connectivity index (χ3n) is 3.17. The molecule has 0 spiro atoms. The predicted molar refractivity (Wildman–Crippen MR) is 55.4 cm³/mol. The van der Waals surface area contributed by atoms with E-state index < -0.39 is 0 Å². The molecule has 1 aliphatic carbocycles. The van der Waals surface area contributed by atoms with Crippen molar-refractivity contribution in [2.75, 3.05) is 34.5 Å². The smallest absolute Gasteiger partial charge is 0.0723 e. The van der Waals surface area contributed by atoms with Gasteiger partial charge in [0, 0.05) is 26.7 Å². The van der Waals surface area contributed by atoms with Crippen LogP contribution in [0.15, 0.2) is 0 Å². The first-order valence-corrected chi connectivity index (χ1v) is 5.03. The summed E-state index contributed by atoms with van der Waals surface area (Å²) in [5.41, 5.74) is 0.299. The summed E-state index contributed by atoms with van der Waals surface area (Å²) in [7, 11) is 5.23. The third kappa shape index (κ3) is 1.81. The van der Waals surface area contributed by atoms with Crippen LogP contribution in [0.4, 0.5) is 0 Å². The van der Waals surface area contributed by atoms with Gasteiger partial charge in [0.15, 0.2) is 0 Å². The van der Waals surface area contributed by atoms with Crippen molar-refractivity contribution < 1.29 is 14.2 Å². The number of hydrogen-bond acceptors (Lipinski definition) is 3. The molecule has 1 fully saturated rings. The van der Waals surface area contributed by atoms with Crippen LogP contribution in [0.3, 0.4) is 0 Å². The second-order valence-corrected chi connectivity index (χ2v) is 5.01. The summed E-state index contributed by atoms with van der Waals surface area (Å²) in [6.07, 6.45) is 1.33. The van der Waals surface area contributed by atoms with E-state index in [1.165, 1.54) is 0 Å². The molecule has 14 heavy (non-hydrogen) atoms. The molecule has 0 N–H and O–H groups in total. The van der Waals surface area contributed by atoms with Gasteiger partial charge < -0.3 is 14.2 Å². The zero-order valence-electron chi connectivity index (χ0n) is 9.92. The van der Waals surface area contributed by atoms with Gasteiger partial charge in [-0.1, -0.05) is 13.8 Å². The lowest BCUT2D eigenvalue weighted by Gasteiger charge is -2.59. The molecule has 1 unspecified atom stereocenters. The Morgan fingerprint density at radius 1 is 1.07 bits per heavy atom. The van der Waals surface area contributed by atoms with Gasteiger partial charge in [0.25, 0.3) is 0 Å². The van der Waals surface area contributed by atoms with Gasteiger partial charge in [-0.15, -0.1) is 0 Å². The minimum atomic E-state index is 0.0573. The van der Waals surface area contributed by atoms with Crippen LogP contribution >= 0.6 is 0 Å². The summed E-state index contributed by atoms with van der Waals surface area (Å²) in [4.78, 5) is 0. The van der Waals surface area contributed by atoms with Crippen LogP contribution in [-0.4, -0.2) is 40.6 Å². The highest BCUT2D eigenvalue weighted by Crippen LogP contribution is 2.55. The Hall–Kier alpha value is -0.120. The van der Waals surface area contributed by atoms with E-state index in [1.54, 1.807) is 21.3 Å². The lowest BCUT2D eigenvalue weighted by molar-refractivity contribution is -0.224.